The third kappa shape index (κ3) is 2.41. The first-order valence-corrected chi connectivity index (χ1v) is 11.7. The summed E-state index contributed by atoms with van der Waals surface area (Å²) < 4.78 is 5.02. The van der Waals surface area contributed by atoms with Crippen LogP contribution in [0.3, 0.4) is 0 Å². The molecular formula is C30H28N2. The van der Waals surface area contributed by atoms with Crippen molar-refractivity contribution in [3.05, 3.63) is 83.9 Å². The van der Waals surface area contributed by atoms with E-state index in [2.05, 4.69) is 110 Å². The van der Waals surface area contributed by atoms with E-state index < -0.39 is 0 Å². The van der Waals surface area contributed by atoms with Crippen LogP contribution in [0.15, 0.2) is 72.8 Å². The van der Waals surface area contributed by atoms with Crippen LogP contribution in [-0.4, -0.2) is 9.13 Å². The Labute approximate surface area is 188 Å². The van der Waals surface area contributed by atoms with E-state index in [4.69, 9.17) is 0 Å². The first-order chi connectivity index (χ1) is 15.7. The van der Waals surface area contributed by atoms with Crippen molar-refractivity contribution in [1.82, 2.24) is 9.13 Å². The van der Waals surface area contributed by atoms with Gasteiger partial charge in [0.2, 0.25) is 0 Å². The Bertz CT molecular complexity index is 1650. The van der Waals surface area contributed by atoms with Crippen molar-refractivity contribution in [2.75, 3.05) is 0 Å². The fourth-order valence-corrected chi connectivity index (χ4v) is 5.77. The van der Waals surface area contributed by atoms with Gasteiger partial charge in [-0.05, 0) is 68.1 Å². The predicted octanol–water partition coefficient (Wildman–Crippen LogP) is 8.23. The SMILES string of the molecule is CCn1c2ccccc2c2c3c4cc(-c5ccccc5)ccc4n(CC)c3c(C)c(C)c21. The van der Waals surface area contributed by atoms with E-state index in [0.717, 1.165) is 13.1 Å². The Morgan fingerprint density at radius 2 is 1.12 bits per heavy atom. The summed E-state index contributed by atoms with van der Waals surface area (Å²) in [5.74, 6) is 0. The van der Waals surface area contributed by atoms with Crippen molar-refractivity contribution in [2.24, 2.45) is 0 Å². The van der Waals surface area contributed by atoms with Gasteiger partial charge in [-0.1, -0.05) is 54.6 Å². The molecule has 0 radical (unpaired) electrons. The van der Waals surface area contributed by atoms with Crippen LogP contribution >= 0.6 is 0 Å². The Kier molecular flexibility index (Phi) is 4.19. The molecule has 0 fully saturated rings. The minimum atomic E-state index is 0.961. The molecule has 6 rings (SSSR count). The first kappa shape index (κ1) is 19.2. The molecule has 0 saturated carbocycles. The number of nitrogens with zero attached hydrogens (tertiary/aromatic N) is 2. The summed E-state index contributed by atoms with van der Waals surface area (Å²) in [5.41, 5.74) is 10.8. The molecule has 0 aliphatic heterocycles. The smallest absolute Gasteiger partial charge is 0.0531 e. The molecule has 0 spiro atoms. The standard InChI is InChI=1S/C30H28N2/c1-5-31-25-15-11-10-14-23(25)27-28-24-18-22(21-12-8-7-9-13-21)16-17-26(24)32(6-2)30(28)20(4)19(3)29(27)31/h7-18H,5-6H2,1-4H3. The lowest BCUT2D eigenvalue weighted by Gasteiger charge is -2.12. The van der Waals surface area contributed by atoms with E-state index in [1.807, 2.05) is 0 Å². The van der Waals surface area contributed by atoms with Crippen LogP contribution in [0.1, 0.15) is 25.0 Å². The molecule has 0 bridgehead atoms. The molecule has 158 valence electrons. The Morgan fingerprint density at radius 1 is 0.562 bits per heavy atom. The monoisotopic (exact) mass is 416 g/mol. The van der Waals surface area contributed by atoms with Crippen molar-refractivity contribution < 1.29 is 0 Å². The van der Waals surface area contributed by atoms with E-state index >= 15 is 0 Å². The van der Waals surface area contributed by atoms with Crippen LogP contribution in [0.5, 0.6) is 0 Å². The number of fused-ring (bicyclic) bond motifs is 7. The zero-order chi connectivity index (χ0) is 22.0. The summed E-state index contributed by atoms with van der Waals surface area (Å²) >= 11 is 0. The predicted molar refractivity (Wildman–Crippen MR) is 139 cm³/mol. The molecule has 0 unspecified atom stereocenters. The summed E-state index contributed by atoms with van der Waals surface area (Å²) in [5, 5.41) is 5.53. The van der Waals surface area contributed by atoms with Gasteiger partial charge < -0.3 is 9.13 Å². The number of hydrogen-bond donors (Lipinski definition) is 0. The molecule has 0 aliphatic rings. The number of para-hydroxylation sites is 1. The second-order valence-electron chi connectivity index (χ2n) is 8.80. The second kappa shape index (κ2) is 7.00. The Balaban J connectivity index is 1.90. The molecule has 2 heteroatoms. The zero-order valence-corrected chi connectivity index (χ0v) is 19.2. The third-order valence-corrected chi connectivity index (χ3v) is 7.30. The molecule has 6 aromatic rings. The molecule has 2 aromatic heterocycles. The highest BCUT2D eigenvalue weighted by molar-refractivity contribution is 6.29. The number of rotatable bonds is 3. The van der Waals surface area contributed by atoms with E-state index in [1.165, 1.54) is 65.9 Å². The second-order valence-corrected chi connectivity index (χ2v) is 8.80. The Hall–Kier alpha value is -3.52. The van der Waals surface area contributed by atoms with Gasteiger partial charge in [0.25, 0.3) is 0 Å². The number of aromatic nitrogens is 2. The third-order valence-electron chi connectivity index (χ3n) is 7.30. The van der Waals surface area contributed by atoms with E-state index in [0.29, 0.717) is 0 Å². The highest BCUT2D eigenvalue weighted by Gasteiger charge is 2.22. The molecule has 2 nitrogen and oxygen atoms in total. The van der Waals surface area contributed by atoms with Gasteiger partial charge in [0.1, 0.15) is 0 Å². The summed E-state index contributed by atoms with van der Waals surface area (Å²) in [6, 6.07) is 26.6. The maximum Gasteiger partial charge on any atom is 0.0531 e. The zero-order valence-electron chi connectivity index (χ0n) is 19.2. The van der Waals surface area contributed by atoms with Gasteiger partial charge in [0.15, 0.2) is 0 Å². The molecule has 32 heavy (non-hydrogen) atoms. The van der Waals surface area contributed by atoms with Crippen LogP contribution in [-0.2, 0) is 13.1 Å². The average Bonchev–Trinajstić information content (AvgIpc) is 3.35. The highest BCUT2D eigenvalue weighted by Crippen LogP contribution is 2.44. The summed E-state index contributed by atoms with van der Waals surface area (Å²) in [6.07, 6.45) is 0. The normalized spacial score (nSPS) is 12.0. The van der Waals surface area contributed by atoms with Crippen molar-refractivity contribution in [1.29, 1.82) is 0 Å². The quantitative estimate of drug-likeness (QED) is 0.275. The van der Waals surface area contributed by atoms with E-state index in [9.17, 15) is 0 Å². The van der Waals surface area contributed by atoms with E-state index in [-0.39, 0.29) is 0 Å². The Morgan fingerprint density at radius 3 is 1.78 bits per heavy atom. The van der Waals surface area contributed by atoms with Crippen LogP contribution in [0.2, 0.25) is 0 Å². The lowest BCUT2D eigenvalue weighted by Crippen LogP contribution is -1.99. The summed E-state index contributed by atoms with van der Waals surface area (Å²) in [6.45, 7) is 11.1. The van der Waals surface area contributed by atoms with Crippen molar-refractivity contribution in [2.45, 2.75) is 40.8 Å². The summed E-state index contributed by atoms with van der Waals surface area (Å²) in [4.78, 5) is 0. The topological polar surface area (TPSA) is 9.86 Å². The lowest BCUT2D eigenvalue weighted by atomic mass is 9.97. The van der Waals surface area contributed by atoms with E-state index in [1.54, 1.807) is 0 Å². The molecule has 4 aromatic carbocycles. The first-order valence-electron chi connectivity index (χ1n) is 11.7. The van der Waals surface area contributed by atoms with Crippen LogP contribution in [0.25, 0.3) is 54.7 Å². The maximum atomic E-state index is 2.51. The van der Waals surface area contributed by atoms with Gasteiger partial charge in [-0.15, -0.1) is 0 Å². The lowest BCUT2D eigenvalue weighted by molar-refractivity contribution is 0.819. The van der Waals surface area contributed by atoms with Crippen LogP contribution in [0.4, 0.5) is 0 Å². The fraction of sp³-hybridized carbons (Fsp3) is 0.200. The van der Waals surface area contributed by atoms with Gasteiger partial charge in [-0.25, -0.2) is 0 Å². The van der Waals surface area contributed by atoms with Gasteiger partial charge >= 0.3 is 0 Å². The average molecular weight is 417 g/mol. The molecule has 0 amide bonds. The molecule has 0 atom stereocenters. The number of benzene rings is 4. The largest absolute Gasteiger partial charge is 0.341 e. The van der Waals surface area contributed by atoms with Crippen LogP contribution < -0.4 is 0 Å². The molecule has 0 saturated heterocycles. The van der Waals surface area contributed by atoms with Gasteiger partial charge in [0.05, 0.1) is 11.0 Å². The number of aryl methyl sites for hydroxylation is 4. The maximum absolute atomic E-state index is 2.51. The summed E-state index contributed by atoms with van der Waals surface area (Å²) in [7, 11) is 0. The minimum Gasteiger partial charge on any atom is -0.341 e. The van der Waals surface area contributed by atoms with Crippen molar-refractivity contribution in [3.8, 4) is 11.1 Å². The fourth-order valence-electron chi connectivity index (χ4n) is 5.77. The van der Waals surface area contributed by atoms with Crippen molar-refractivity contribution in [3.63, 3.8) is 0 Å². The number of hydrogen-bond acceptors (Lipinski definition) is 0. The molecule has 2 heterocycles. The molecule has 0 aliphatic carbocycles. The van der Waals surface area contributed by atoms with Gasteiger partial charge in [-0.3, -0.25) is 0 Å². The van der Waals surface area contributed by atoms with Gasteiger partial charge in [0, 0.05) is 45.7 Å². The minimum absolute atomic E-state index is 0.961. The molecular weight excluding hydrogens is 388 g/mol. The highest BCUT2D eigenvalue weighted by atomic mass is 15.0. The molecule has 0 N–H and O–H groups in total. The van der Waals surface area contributed by atoms with Gasteiger partial charge in [-0.2, -0.15) is 0 Å². The van der Waals surface area contributed by atoms with Crippen molar-refractivity contribution >= 4 is 43.6 Å². The van der Waals surface area contributed by atoms with Crippen LogP contribution in [0, 0.1) is 13.8 Å².